The molecule has 1 unspecified atom stereocenters. The molecule has 2 aliphatic rings. The summed E-state index contributed by atoms with van der Waals surface area (Å²) in [4.78, 5) is 40.4. The van der Waals surface area contributed by atoms with Crippen molar-refractivity contribution < 1.29 is 14.4 Å². The zero-order valence-corrected chi connectivity index (χ0v) is 15.8. The normalized spacial score (nSPS) is 21.1. The highest BCUT2D eigenvalue weighted by molar-refractivity contribution is 6.35. The molecular weight excluding hydrogens is 377 g/mol. The minimum atomic E-state index is -0.498. The van der Waals surface area contributed by atoms with Gasteiger partial charge < -0.3 is 15.5 Å². The van der Waals surface area contributed by atoms with Crippen molar-refractivity contribution in [3.63, 3.8) is 0 Å². The fourth-order valence-electron chi connectivity index (χ4n) is 3.68. The van der Waals surface area contributed by atoms with E-state index in [1.807, 2.05) is 0 Å². The molecule has 2 fully saturated rings. The summed E-state index contributed by atoms with van der Waals surface area (Å²) in [5, 5.41) is 0.744. The van der Waals surface area contributed by atoms with Crippen LogP contribution in [-0.2, 0) is 9.59 Å². The quantitative estimate of drug-likeness (QED) is 0.848. The zero-order valence-electron chi connectivity index (χ0n) is 14.3. The molecule has 0 spiro atoms. The number of hydrogen-bond acceptors (Lipinski definition) is 3. The van der Waals surface area contributed by atoms with Crippen LogP contribution in [-0.4, -0.2) is 53.2 Å². The minimum Gasteiger partial charge on any atom is -0.369 e. The standard InChI is InChI=1S/C18H21Cl2N3O3/c19-12-3-4-14(20)13(10-12)17(25)23-7-1-2-15(23)18(26)22-8-5-11(6-9-22)16(21)24/h3-4,10-11,15H,1-2,5-9H2,(H2,21,24). The van der Waals surface area contributed by atoms with Crippen molar-refractivity contribution in [2.75, 3.05) is 19.6 Å². The number of primary amides is 1. The van der Waals surface area contributed by atoms with Crippen LogP contribution in [0.15, 0.2) is 18.2 Å². The predicted molar refractivity (Wildman–Crippen MR) is 99.0 cm³/mol. The van der Waals surface area contributed by atoms with Crippen LogP contribution in [0.2, 0.25) is 10.0 Å². The monoisotopic (exact) mass is 397 g/mol. The average molecular weight is 398 g/mol. The van der Waals surface area contributed by atoms with Crippen LogP contribution in [0.4, 0.5) is 0 Å². The van der Waals surface area contributed by atoms with Gasteiger partial charge in [-0.1, -0.05) is 23.2 Å². The molecule has 0 aliphatic carbocycles. The van der Waals surface area contributed by atoms with E-state index in [1.165, 1.54) is 6.07 Å². The number of nitrogens with zero attached hydrogens (tertiary/aromatic N) is 2. The number of piperidine rings is 1. The second-order valence-corrected chi connectivity index (χ2v) is 7.63. The van der Waals surface area contributed by atoms with Gasteiger partial charge in [-0.3, -0.25) is 14.4 Å². The lowest BCUT2D eigenvalue weighted by molar-refractivity contribution is -0.138. The van der Waals surface area contributed by atoms with Crippen LogP contribution in [0.1, 0.15) is 36.0 Å². The van der Waals surface area contributed by atoms with Gasteiger partial charge in [0.2, 0.25) is 11.8 Å². The van der Waals surface area contributed by atoms with Crippen LogP contribution in [0, 0.1) is 5.92 Å². The molecule has 0 radical (unpaired) electrons. The number of carbonyl (C=O) groups excluding carboxylic acids is 3. The third-order valence-corrected chi connectivity index (χ3v) is 5.73. The van der Waals surface area contributed by atoms with Crippen LogP contribution in [0.5, 0.6) is 0 Å². The minimum absolute atomic E-state index is 0.0723. The number of nitrogens with two attached hydrogens (primary N) is 1. The molecule has 6 nitrogen and oxygen atoms in total. The van der Waals surface area contributed by atoms with E-state index in [9.17, 15) is 14.4 Å². The first kappa shape index (κ1) is 19.0. The number of amides is 3. The van der Waals surface area contributed by atoms with E-state index in [0.29, 0.717) is 54.5 Å². The topological polar surface area (TPSA) is 83.7 Å². The first-order valence-electron chi connectivity index (χ1n) is 8.72. The van der Waals surface area contributed by atoms with E-state index < -0.39 is 6.04 Å². The smallest absolute Gasteiger partial charge is 0.256 e. The largest absolute Gasteiger partial charge is 0.369 e. The van der Waals surface area contributed by atoms with E-state index in [-0.39, 0.29) is 23.6 Å². The number of hydrogen-bond donors (Lipinski definition) is 1. The Hall–Kier alpha value is -1.79. The lowest BCUT2D eigenvalue weighted by Crippen LogP contribution is -2.50. The highest BCUT2D eigenvalue weighted by Gasteiger charge is 2.38. The Morgan fingerprint density at radius 2 is 1.73 bits per heavy atom. The third kappa shape index (κ3) is 3.81. The predicted octanol–water partition coefficient (Wildman–Crippen LogP) is 2.32. The Kier molecular flexibility index (Phi) is 5.73. The molecule has 1 aromatic carbocycles. The fraction of sp³-hybridized carbons (Fsp3) is 0.500. The second kappa shape index (κ2) is 7.84. The summed E-state index contributed by atoms with van der Waals surface area (Å²) < 4.78 is 0. The van der Waals surface area contributed by atoms with E-state index in [2.05, 4.69) is 0 Å². The van der Waals surface area contributed by atoms with Gasteiger partial charge >= 0.3 is 0 Å². The molecule has 140 valence electrons. The summed E-state index contributed by atoms with van der Waals surface area (Å²) >= 11 is 12.1. The van der Waals surface area contributed by atoms with Crippen LogP contribution < -0.4 is 5.73 Å². The summed E-state index contributed by atoms with van der Waals surface area (Å²) in [5.74, 6) is -0.840. The molecular formula is C18H21Cl2N3O3. The number of halogens is 2. The Labute approximate surface area is 162 Å². The van der Waals surface area contributed by atoms with Crippen molar-refractivity contribution in [2.24, 2.45) is 11.7 Å². The molecule has 3 rings (SSSR count). The molecule has 2 N–H and O–H groups in total. The van der Waals surface area contributed by atoms with E-state index >= 15 is 0 Å². The van der Waals surface area contributed by atoms with Gasteiger partial charge in [0.05, 0.1) is 10.6 Å². The van der Waals surface area contributed by atoms with Gasteiger partial charge in [-0.25, -0.2) is 0 Å². The summed E-state index contributed by atoms with van der Waals surface area (Å²) in [6.07, 6.45) is 2.53. The van der Waals surface area contributed by atoms with Crippen LogP contribution in [0.25, 0.3) is 0 Å². The molecule has 2 saturated heterocycles. The molecule has 3 amide bonds. The van der Waals surface area contributed by atoms with Gasteiger partial charge in [-0.05, 0) is 43.9 Å². The van der Waals surface area contributed by atoms with Gasteiger partial charge in [0, 0.05) is 30.6 Å². The summed E-state index contributed by atoms with van der Waals surface area (Å²) in [6, 6.07) is 4.24. The lowest BCUT2D eigenvalue weighted by Gasteiger charge is -2.34. The van der Waals surface area contributed by atoms with Crippen molar-refractivity contribution in [3.05, 3.63) is 33.8 Å². The van der Waals surface area contributed by atoms with Crippen molar-refractivity contribution in [1.29, 1.82) is 0 Å². The number of likely N-dealkylation sites (tertiary alicyclic amines) is 2. The Morgan fingerprint density at radius 1 is 1.04 bits per heavy atom. The van der Waals surface area contributed by atoms with Gasteiger partial charge in [0.15, 0.2) is 0 Å². The Bertz CT molecular complexity index is 732. The third-order valence-electron chi connectivity index (χ3n) is 5.17. The molecule has 2 heterocycles. The molecule has 26 heavy (non-hydrogen) atoms. The molecule has 8 heteroatoms. The van der Waals surface area contributed by atoms with Gasteiger partial charge in [0.1, 0.15) is 6.04 Å². The van der Waals surface area contributed by atoms with Gasteiger partial charge in [-0.2, -0.15) is 0 Å². The molecule has 1 aromatic rings. The highest BCUT2D eigenvalue weighted by Crippen LogP contribution is 2.28. The van der Waals surface area contributed by atoms with E-state index in [1.54, 1.807) is 21.9 Å². The zero-order chi connectivity index (χ0) is 18.8. The molecule has 0 aromatic heterocycles. The maximum Gasteiger partial charge on any atom is 0.256 e. The van der Waals surface area contributed by atoms with Crippen molar-refractivity contribution in [3.8, 4) is 0 Å². The first-order valence-corrected chi connectivity index (χ1v) is 9.48. The van der Waals surface area contributed by atoms with Crippen molar-refractivity contribution >= 4 is 40.9 Å². The van der Waals surface area contributed by atoms with E-state index in [4.69, 9.17) is 28.9 Å². The second-order valence-electron chi connectivity index (χ2n) is 6.78. The maximum absolute atomic E-state index is 12.9. The van der Waals surface area contributed by atoms with Crippen molar-refractivity contribution in [2.45, 2.75) is 31.7 Å². The van der Waals surface area contributed by atoms with Gasteiger partial charge in [0.25, 0.3) is 5.91 Å². The van der Waals surface area contributed by atoms with E-state index in [0.717, 1.165) is 6.42 Å². The molecule has 1 atom stereocenters. The van der Waals surface area contributed by atoms with Gasteiger partial charge in [-0.15, -0.1) is 0 Å². The average Bonchev–Trinajstić information content (AvgIpc) is 3.12. The number of rotatable bonds is 3. The highest BCUT2D eigenvalue weighted by atomic mass is 35.5. The maximum atomic E-state index is 12.9. The Balaban J connectivity index is 1.72. The van der Waals surface area contributed by atoms with Crippen LogP contribution >= 0.6 is 23.2 Å². The number of benzene rings is 1. The van der Waals surface area contributed by atoms with Crippen LogP contribution in [0.3, 0.4) is 0 Å². The fourth-order valence-corrected chi connectivity index (χ4v) is 4.05. The SMILES string of the molecule is NC(=O)C1CCN(C(=O)C2CCCN2C(=O)c2cc(Cl)ccc2Cl)CC1. The summed E-state index contributed by atoms with van der Waals surface area (Å²) in [6.45, 7) is 1.49. The summed E-state index contributed by atoms with van der Waals surface area (Å²) in [5.41, 5.74) is 5.66. The molecule has 0 saturated carbocycles. The first-order chi connectivity index (χ1) is 12.4. The molecule has 0 bridgehead atoms. The van der Waals surface area contributed by atoms with Crippen molar-refractivity contribution in [1.82, 2.24) is 9.80 Å². The summed E-state index contributed by atoms with van der Waals surface area (Å²) in [7, 11) is 0. The molecule has 2 aliphatic heterocycles. The Morgan fingerprint density at radius 3 is 2.38 bits per heavy atom. The lowest BCUT2D eigenvalue weighted by atomic mass is 9.95. The number of carbonyl (C=O) groups is 3.